The minimum atomic E-state index is -0.174. The van der Waals surface area contributed by atoms with Gasteiger partial charge < -0.3 is 9.57 Å². The third-order valence-corrected chi connectivity index (χ3v) is 5.47. The van der Waals surface area contributed by atoms with Crippen LogP contribution in [0, 0.1) is 5.82 Å². The second-order valence-corrected chi connectivity index (χ2v) is 8.21. The van der Waals surface area contributed by atoms with Crippen LogP contribution in [-0.2, 0) is 9.57 Å². The molecule has 0 amide bonds. The zero-order chi connectivity index (χ0) is 19.2. The monoisotopic (exact) mass is 387 g/mol. The maximum atomic E-state index is 14.1. The predicted molar refractivity (Wildman–Crippen MR) is 108 cm³/mol. The molecule has 0 unspecified atom stereocenters. The number of hydrogen-bond acceptors (Lipinski definition) is 4. The lowest BCUT2D eigenvalue weighted by atomic mass is 9.92. The normalized spacial score (nSPS) is 16.0. The lowest BCUT2D eigenvalue weighted by Crippen LogP contribution is -2.14. The van der Waals surface area contributed by atoms with Crippen LogP contribution >= 0.6 is 11.8 Å². The van der Waals surface area contributed by atoms with Gasteiger partial charge in [-0.1, -0.05) is 29.1 Å². The number of rotatable bonds is 6. The molecule has 0 spiro atoms. The number of hydrogen-bond donors (Lipinski definition) is 0. The molecule has 1 heterocycles. The summed E-state index contributed by atoms with van der Waals surface area (Å²) in [6.07, 6.45) is 1.98. The highest BCUT2D eigenvalue weighted by atomic mass is 32.2. The molecule has 1 saturated heterocycles. The van der Waals surface area contributed by atoms with Crippen molar-refractivity contribution in [1.82, 2.24) is 0 Å². The highest BCUT2D eigenvalue weighted by molar-refractivity contribution is 7.99. The molecule has 2 aromatic carbocycles. The average molecular weight is 388 g/mol. The van der Waals surface area contributed by atoms with Crippen molar-refractivity contribution in [3.63, 3.8) is 0 Å². The van der Waals surface area contributed by atoms with E-state index in [1.165, 1.54) is 0 Å². The molecule has 0 saturated carbocycles. The maximum absolute atomic E-state index is 14.1. The van der Waals surface area contributed by atoms with Gasteiger partial charge in [-0.05, 0) is 81.0 Å². The number of oxime groups is 1. The van der Waals surface area contributed by atoms with Gasteiger partial charge in [0.15, 0.2) is 0 Å². The van der Waals surface area contributed by atoms with E-state index in [0.29, 0.717) is 5.92 Å². The van der Waals surface area contributed by atoms with Gasteiger partial charge in [0.25, 0.3) is 0 Å². The summed E-state index contributed by atoms with van der Waals surface area (Å²) in [5, 5.41) is 4.13. The molecule has 1 aliphatic heterocycles. The first kappa shape index (κ1) is 19.9. The van der Waals surface area contributed by atoms with Crippen molar-refractivity contribution in [3.05, 3.63) is 59.4 Å². The summed E-state index contributed by atoms with van der Waals surface area (Å²) in [6.45, 7) is 7.34. The van der Waals surface area contributed by atoms with Crippen LogP contribution in [0.15, 0.2) is 57.4 Å². The number of halogens is 1. The van der Waals surface area contributed by atoms with Gasteiger partial charge in [0, 0.05) is 23.0 Å². The zero-order valence-electron chi connectivity index (χ0n) is 16.1. The summed E-state index contributed by atoms with van der Waals surface area (Å²) in [6, 6.07) is 13.5. The first-order valence-corrected chi connectivity index (χ1v) is 10.2. The molecular formula is C22H26FNO2S. The van der Waals surface area contributed by atoms with Crippen LogP contribution in [0.2, 0.25) is 0 Å². The fourth-order valence-electron chi connectivity index (χ4n) is 3.05. The SMILES string of the molecule is C/C(=N\OC(C)C)c1ccc(Sc2cc(F)cc(C3CCOCC3)c2)cc1. The van der Waals surface area contributed by atoms with Crippen molar-refractivity contribution in [2.45, 2.75) is 55.4 Å². The predicted octanol–water partition coefficient (Wildman–Crippen LogP) is 6.02. The van der Waals surface area contributed by atoms with E-state index in [0.717, 1.165) is 52.7 Å². The van der Waals surface area contributed by atoms with Crippen molar-refractivity contribution in [3.8, 4) is 0 Å². The smallest absolute Gasteiger partial charge is 0.124 e. The first-order valence-electron chi connectivity index (χ1n) is 9.38. The minimum Gasteiger partial charge on any atom is -0.393 e. The fourth-order valence-corrected chi connectivity index (χ4v) is 3.96. The van der Waals surface area contributed by atoms with Gasteiger partial charge >= 0.3 is 0 Å². The van der Waals surface area contributed by atoms with Gasteiger partial charge in [-0.25, -0.2) is 4.39 Å². The second-order valence-electron chi connectivity index (χ2n) is 7.06. The Morgan fingerprint density at radius 2 is 1.81 bits per heavy atom. The van der Waals surface area contributed by atoms with Crippen LogP contribution in [0.3, 0.4) is 0 Å². The Morgan fingerprint density at radius 3 is 2.48 bits per heavy atom. The highest BCUT2D eigenvalue weighted by Crippen LogP contribution is 2.34. The topological polar surface area (TPSA) is 30.8 Å². The molecule has 1 aliphatic rings. The van der Waals surface area contributed by atoms with E-state index in [1.807, 2.05) is 45.0 Å². The number of benzene rings is 2. The van der Waals surface area contributed by atoms with Gasteiger partial charge in [-0.3, -0.25) is 0 Å². The molecule has 1 fully saturated rings. The van der Waals surface area contributed by atoms with E-state index in [4.69, 9.17) is 9.57 Å². The van der Waals surface area contributed by atoms with Crippen molar-refractivity contribution >= 4 is 17.5 Å². The molecule has 0 aliphatic carbocycles. The molecule has 5 heteroatoms. The number of nitrogens with zero attached hydrogens (tertiary/aromatic N) is 1. The van der Waals surface area contributed by atoms with Crippen LogP contribution in [0.25, 0.3) is 0 Å². The van der Waals surface area contributed by atoms with Crippen LogP contribution < -0.4 is 0 Å². The third-order valence-electron chi connectivity index (χ3n) is 4.49. The summed E-state index contributed by atoms with van der Waals surface area (Å²) in [5.41, 5.74) is 2.93. The summed E-state index contributed by atoms with van der Waals surface area (Å²) in [7, 11) is 0. The summed E-state index contributed by atoms with van der Waals surface area (Å²) in [5.74, 6) is 0.211. The third kappa shape index (κ3) is 5.81. The largest absolute Gasteiger partial charge is 0.393 e. The van der Waals surface area contributed by atoms with E-state index in [1.54, 1.807) is 23.9 Å². The lowest BCUT2D eigenvalue weighted by Gasteiger charge is -2.22. The van der Waals surface area contributed by atoms with Crippen molar-refractivity contribution in [2.75, 3.05) is 13.2 Å². The molecule has 0 aromatic heterocycles. The van der Waals surface area contributed by atoms with Gasteiger partial charge in [0.2, 0.25) is 0 Å². The molecule has 0 atom stereocenters. The fraction of sp³-hybridized carbons (Fsp3) is 0.409. The van der Waals surface area contributed by atoms with Crippen molar-refractivity contribution < 1.29 is 14.0 Å². The minimum absolute atomic E-state index is 0.0627. The Balaban J connectivity index is 1.71. The van der Waals surface area contributed by atoms with E-state index in [-0.39, 0.29) is 11.9 Å². The van der Waals surface area contributed by atoms with E-state index >= 15 is 0 Å². The molecule has 2 aromatic rings. The molecule has 27 heavy (non-hydrogen) atoms. The summed E-state index contributed by atoms with van der Waals surface area (Å²) in [4.78, 5) is 7.30. The van der Waals surface area contributed by atoms with Gasteiger partial charge in [-0.2, -0.15) is 0 Å². The summed E-state index contributed by atoms with van der Waals surface area (Å²) < 4.78 is 19.6. The van der Waals surface area contributed by atoms with Gasteiger partial charge in [0.1, 0.15) is 11.9 Å². The quantitative estimate of drug-likeness (QED) is 0.448. The number of ether oxygens (including phenoxy) is 1. The Hall–Kier alpha value is -1.85. The molecule has 144 valence electrons. The van der Waals surface area contributed by atoms with E-state index in [9.17, 15) is 4.39 Å². The highest BCUT2D eigenvalue weighted by Gasteiger charge is 2.17. The summed E-state index contributed by atoms with van der Waals surface area (Å²) >= 11 is 1.58. The van der Waals surface area contributed by atoms with Crippen LogP contribution in [-0.4, -0.2) is 25.0 Å². The average Bonchev–Trinajstić information content (AvgIpc) is 2.67. The second kappa shape index (κ2) is 9.38. The van der Waals surface area contributed by atoms with Gasteiger partial charge in [-0.15, -0.1) is 0 Å². The first-order chi connectivity index (χ1) is 13.0. The molecule has 3 rings (SSSR count). The maximum Gasteiger partial charge on any atom is 0.124 e. The molecular weight excluding hydrogens is 361 g/mol. The van der Waals surface area contributed by atoms with Crippen molar-refractivity contribution in [1.29, 1.82) is 0 Å². The van der Waals surface area contributed by atoms with E-state index in [2.05, 4.69) is 11.2 Å². The Bertz CT molecular complexity index is 783. The molecule has 3 nitrogen and oxygen atoms in total. The molecule has 0 bridgehead atoms. The lowest BCUT2D eigenvalue weighted by molar-refractivity contribution is 0.0852. The van der Waals surface area contributed by atoms with Gasteiger partial charge in [0.05, 0.1) is 5.71 Å². The van der Waals surface area contributed by atoms with Crippen LogP contribution in [0.1, 0.15) is 50.7 Å². The van der Waals surface area contributed by atoms with Crippen LogP contribution in [0.5, 0.6) is 0 Å². The molecule has 0 N–H and O–H groups in total. The Kier molecular flexibility index (Phi) is 6.91. The standard InChI is InChI=1S/C22H26FNO2S/c1-15(2)26-24-16(3)17-4-6-21(7-5-17)27-22-13-19(12-20(23)14-22)18-8-10-25-11-9-18/h4-7,12-15,18H,8-11H2,1-3H3/b24-16+. The van der Waals surface area contributed by atoms with Crippen LogP contribution in [0.4, 0.5) is 4.39 Å². The van der Waals surface area contributed by atoms with E-state index < -0.39 is 0 Å². The Morgan fingerprint density at radius 1 is 1.11 bits per heavy atom. The zero-order valence-corrected chi connectivity index (χ0v) is 16.9. The van der Waals surface area contributed by atoms with Crippen molar-refractivity contribution in [2.24, 2.45) is 5.16 Å². The molecule has 0 radical (unpaired) electrons. The Labute approximate surface area is 164 Å².